The number of hydrogen-bond donors (Lipinski definition) is 1. The fourth-order valence-corrected chi connectivity index (χ4v) is 2.41. The second kappa shape index (κ2) is 7.76. The summed E-state index contributed by atoms with van der Waals surface area (Å²) >= 11 is 3.39. The molecule has 0 spiro atoms. The number of carbonyl (C=O) groups is 1. The number of carbonyl (C=O) groups excluding carboxylic acids is 1. The molecule has 0 unspecified atom stereocenters. The van der Waals surface area contributed by atoms with Gasteiger partial charge in [0.25, 0.3) is 11.5 Å². The van der Waals surface area contributed by atoms with Crippen molar-refractivity contribution in [3.8, 4) is 11.3 Å². The highest BCUT2D eigenvalue weighted by atomic mass is 79.9. The SMILES string of the molecule is O=C(Cn1ccccc1=O)N/N=C\c1ccc(-c2ccc(Br)cc2)o1. The molecule has 1 amide bonds. The fraction of sp³-hybridized carbons (Fsp3) is 0.0556. The number of amides is 1. The van der Waals surface area contributed by atoms with Gasteiger partial charge in [0.15, 0.2) is 0 Å². The topological polar surface area (TPSA) is 76.6 Å². The summed E-state index contributed by atoms with van der Waals surface area (Å²) in [5.74, 6) is 0.815. The normalized spacial score (nSPS) is 10.9. The van der Waals surface area contributed by atoms with E-state index in [-0.39, 0.29) is 12.1 Å². The van der Waals surface area contributed by atoms with Gasteiger partial charge in [-0.3, -0.25) is 9.59 Å². The van der Waals surface area contributed by atoms with Crippen LogP contribution in [0.25, 0.3) is 11.3 Å². The maximum atomic E-state index is 11.8. The molecule has 2 heterocycles. The number of pyridine rings is 1. The van der Waals surface area contributed by atoms with E-state index in [0.717, 1.165) is 10.0 Å². The second-order valence-corrected chi connectivity index (χ2v) is 6.08. The molecule has 0 saturated carbocycles. The Morgan fingerprint density at radius 3 is 2.72 bits per heavy atom. The van der Waals surface area contributed by atoms with Gasteiger partial charge in [-0.15, -0.1) is 0 Å². The number of benzene rings is 1. The van der Waals surface area contributed by atoms with E-state index in [4.69, 9.17) is 4.42 Å². The average Bonchev–Trinajstić information content (AvgIpc) is 3.06. The smallest absolute Gasteiger partial charge is 0.260 e. The molecule has 0 aliphatic rings. The van der Waals surface area contributed by atoms with E-state index in [1.54, 1.807) is 24.4 Å². The van der Waals surface area contributed by atoms with E-state index >= 15 is 0 Å². The molecule has 0 bridgehead atoms. The number of halogens is 1. The Morgan fingerprint density at radius 1 is 1.16 bits per heavy atom. The molecule has 0 atom stereocenters. The Hall–Kier alpha value is -2.93. The van der Waals surface area contributed by atoms with Crippen LogP contribution in [0.2, 0.25) is 0 Å². The van der Waals surface area contributed by atoms with Crippen molar-refractivity contribution in [1.82, 2.24) is 9.99 Å². The Labute approximate surface area is 151 Å². The highest BCUT2D eigenvalue weighted by Crippen LogP contribution is 2.23. The molecule has 3 rings (SSSR count). The van der Waals surface area contributed by atoms with Crippen molar-refractivity contribution in [2.45, 2.75) is 6.54 Å². The first-order chi connectivity index (χ1) is 12.1. The standard InChI is InChI=1S/C18H14BrN3O3/c19-14-6-4-13(5-7-14)16-9-8-15(25-16)11-20-21-17(23)12-22-10-2-1-3-18(22)24/h1-11H,12H2,(H,21,23)/b20-11-. The van der Waals surface area contributed by atoms with Crippen LogP contribution in [-0.2, 0) is 11.3 Å². The molecule has 6 nitrogen and oxygen atoms in total. The van der Waals surface area contributed by atoms with Gasteiger partial charge < -0.3 is 8.98 Å². The third kappa shape index (κ3) is 4.54. The molecule has 0 fully saturated rings. The zero-order chi connectivity index (χ0) is 17.6. The number of nitrogens with zero attached hydrogens (tertiary/aromatic N) is 2. The number of nitrogens with one attached hydrogen (secondary N) is 1. The zero-order valence-corrected chi connectivity index (χ0v) is 14.6. The van der Waals surface area contributed by atoms with Gasteiger partial charge in [0.1, 0.15) is 18.1 Å². The highest BCUT2D eigenvalue weighted by molar-refractivity contribution is 9.10. The van der Waals surface area contributed by atoms with Crippen LogP contribution in [0.1, 0.15) is 5.76 Å². The number of rotatable bonds is 5. The van der Waals surface area contributed by atoms with Gasteiger partial charge in [-0.25, -0.2) is 5.43 Å². The Balaban J connectivity index is 1.59. The maximum absolute atomic E-state index is 11.8. The van der Waals surface area contributed by atoms with E-state index in [9.17, 15) is 9.59 Å². The Morgan fingerprint density at radius 2 is 1.96 bits per heavy atom. The molecule has 1 N–H and O–H groups in total. The lowest BCUT2D eigenvalue weighted by atomic mass is 10.2. The first-order valence-corrected chi connectivity index (χ1v) is 8.24. The van der Waals surface area contributed by atoms with Gasteiger partial charge in [0.05, 0.1) is 6.21 Å². The van der Waals surface area contributed by atoms with Crippen LogP contribution in [0.15, 0.2) is 79.6 Å². The molecular weight excluding hydrogens is 386 g/mol. The minimum Gasteiger partial charge on any atom is -0.455 e. The van der Waals surface area contributed by atoms with E-state index in [0.29, 0.717) is 11.5 Å². The van der Waals surface area contributed by atoms with E-state index < -0.39 is 5.91 Å². The predicted octanol–water partition coefficient (Wildman–Crippen LogP) is 3.02. The fourth-order valence-electron chi connectivity index (χ4n) is 2.14. The van der Waals surface area contributed by atoms with Crippen molar-refractivity contribution in [3.05, 3.63) is 81.4 Å². The summed E-state index contributed by atoms with van der Waals surface area (Å²) in [6.07, 6.45) is 2.96. The Bertz CT molecular complexity index is 958. The van der Waals surface area contributed by atoms with Gasteiger partial charge >= 0.3 is 0 Å². The molecule has 2 aromatic heterocycles. The summed E-state index contributed by atoms with van der Waals surface area (Å²) < 4.78 is 7.94. The van der Waals surface area contributed by atoms with Crippen LogP contribution in [-0.4, -0.2) is 16.7 Å². The highest BCUT2D eigenvalue weighted by Gasteiger charge is 2.04. The van der Waals surface area contributed by atoms with Gasteiger partial charge in [-0.2, -0.15) is 5.10 Å². The van der Waals surface area contributed by atoms with Crippen molar-refractivity contribution in [2.24, 2.45) is 5.10 Å². The third-order valence-electron chi connectivity index (χ3n) is 3.35. The first-order valence-electron chi connectivity index (χ1n) is 7.45. The van der Waals surface area contributed by atoms with Gasteiger partial charge in [-0.1, -0.05) is 34.1 Å². The summed E-state index contributed by atoms with van der Waals surface area (Å²) in [6.45, 7) is -0.0979. The number of furan rings is 1. The maximum Gasteiger partial charge on any atom is 0.260 e. The molecule has 7 heteroatoms. The molecule has 126 valence electrons. The summed E-state index contributed by atoms with van der Waals surface area (Å²) in [5.41, 5.74) is 3.06. The molecule has 0 aliphatic heterocycles. The number of hydrogen-bond acceptors (Lipinski definition) is 4. The molecule has 3 aromatic rings. The van der Waals surface area contributed by atoms with E-state index in [1.807, 2.05) is 30.3 Å². The minimum atomic E-state index is -0.399. The second-order valence-electron chi connectivity index (χ2n) is 5.17. The summed E-state index contributed by atoms with van der Waals surface area (Å²) in [7, 11) is 0. The molecule has 0 saturated heterocycles. The lowest BCUT2D eigenvalue weighted by molar-refractivity contribution is -0.121. The molecule has 25 heavy (non-hydrogen) atoms. The van der Waals surface area contributed by atoms with Gasteiger partial charge in [0, 0.05) is 22.3 Å². The van der Waals surface area contributed by atoms with Gasteiger partial charge in [0.2, 0.25) is 0 Å². The predicted molar refractivity (Wildman–Crippen MR) is 98.3 cm³/mol. The quantitative estimate of drug-likeness (QED) is 0.529. The first kappa shape index (κ1) is 16.9. The van der Waals surface area contributed by atoms with Crippen molar-refractivity contribution in [3.63, 3.8) is 0 Å². The van der Waals surface area contributed by atoms with Crippen molar-refractivity contribution >= 4 is 28.1 Å². The molecular formula is C18H14BrN3O3. The van der Waals surface area contributed by atoms with Gasteiger partial charge in [-0.05, 0) is 30.3 Å². The lowest BCUT2D eigenvalue weighted by Crippen LogP contribution is -2.28. The van der Waals surface area contributed by atoms with Crippen LogP contribution in [0.5, 0.6) is 0 Å². The lowest BCUT2D eigenvalue weighted by Gasteiger charge is -2.02. The average molecular weight is 400 g/mol. The van der Waals surface area contributed by atoms with Crippen LogP contribution >= 0.6 is 15.9 Å². The molecule has 1 aromatic carbocycles. The summed E-state index contributed by atoms with van der Waals surface area (Å²) in [4.78, 5) is 23.3. The van der Waals surface area contributed by atoms with Crippen LogP contribution in [0, 0.1) is 0 Å². The zero-order valence-electron chi connectivity index (χ0n) is 13.1. The van der Waals surface area contributed by atoms with Crippen molar-refractivity contribution < 1.29 is 9.21 Å². The van der Waals surface area contributed by atoms with Crippen LogP contribution in [0.3, 0.4) is 0 Å². The van der Waals surface area contributed by atoms with Crippen LogP contribution < -0.4 is 11.0 Å². The van der Waals surface area contributed by atoms with E-state index in [1.165, 1.54) is 16.8 Å². The minimum absolute atomic E-state index is 0.0979. The molecule has 0 radical (unpaired) electrons. The monoisotopic (exact) mass is 399 g/mol. The molecule has 0 aliphatic carbocycles. The van der Waals surface area contributed by atoms with Crippen molar-refractivity contribution in [2.75, 3.05) is 0 Å². The summed E-state index contributed by atoms with van der Waals surface area (Å²) in [5, 5.41) is 3.85. The van der Waals surface area contributed by atoms with Crippen LogP contribution in [0.4, 0.5) is 0 Å². The summed E-state index contributed by atoms with van der Waals surface area (Å²) in [6, 6.07) is 16.0. The van der Waals surface area contributed by atoms with E-state index in [2.05, 4.69) is 26.5 Å². The Kier molecular flexibility index (Phi) is 5.25. The van der Waals surface area contributed by atoms with Crippen molar-refractivity contribution in [1.29, 1.82) is 0 Å². The number of hydrazone groups is 1. The number of aromatic nitrogens is 1. The third-order valence-corrected chi connectivity index (χ3v) is 3.88. The largest absolute Gasteiger partial charge is 0.455 e.